The Labute approximate surface area is 123 Å². The monoisotopic (exact) mass is 279 g/mol. The molecule has 1 amide bonds. The number of fused-ring (bicyclic) bond motifs is 1. The van der Waals surface area contributed by atoms with Crippen LogP contribution in [0.3, 0.4) is 0 Å². The minimum atomic E-state index is -0.0465. The minimum Gasteiger partial charge on any atom is -0.361 e. The van der Waals surface area contributed by atoms with Crippen molar-refractivity contribution < 1.29 is 4.79 Å². The number of para-hydroxylation sites is 1. The van der Waals surface area contributed by atoms with E-state index in [9.17, 15) is 4.79 Å². The van der Waals surface area contributed by atoms with Gasteiger partial charge >= 0.3 is 0 Å². The SMILES string of the molecule is Cc1cnccc1C(=O)NCCc1c[nH]c2ccccc12. The van der Waals surface area contributed by atoms with Gasteiger partial charge < -0.3 is 10.3 Å². The normalized spacial score (nSPS) is 10.7. The molecule has 4 nitrogen and oxygen atoms in total. The average Bonchev–Trinajstić information content (AvgIpc) is 2.91. The number of H-pyrrole nitrogens is 1. The number of nitrogens with one attached hydrogen (secondary N) is 2. The van der Waals surface area contributed by atoms with Crippen molar-refractivity contribution in [2.45, 2.75) is 13.3 Å². The third kappa shape index (κ3) is 2.79. The van der Waals surface area contributed by atoms with Crippen LogP contribution in [0.1, 0.15) is 21.5 Å². The summed E-state index contributed by atoms with van der Waals surface area (Å²) < 4.78 is 0. The summed E-state index contributed by atoms with van der Waals surface area (Å²) in [5.74, 6) is -0.0465. The number of aryl methyl sites for hydroxylation is 1. The quantitative estimate of drug-likeness (QED) is 0.771. The number of rotatable bonds is 4. The lowest BCUT2D eigenvalue weighted by molar-refractivity contribution is 0.0953. The molecule has 0 spiro atoms. The Bertz CT molecular complexity index is 776. The smallest absolute Gasteiger partial charge is 0.251 e. The highest BCUT2D eigenvalue weighted by atomic mass is 16.1. The van der Waals surface area contributed by atoms with Gasteiger partial charge in [0.2, 0.25) is 0 Å². The highest BCUT2D eigenvalue weighted by Gasteiger charge is 2.08. The van der Waals surface area contributed by atoms with Crippen molar-refractivity contribution in [1.82, 2.24) is 15.3 Å². The van der Waals surface area contributed by atoms with Crippen LogP contribution in [0, 0.1) is 6.92 Å². The van der Waals surface area contributed by atoms with Gasteiger partial charge in [0.15, 0.2) is 0 Å². The second-order valence-electron chi connectivity index (χ2n) is 5.06. The molecule has 0 aliphatic heterocycles. The van der Waals surface area contributed by atoms with Crippen LogP contribution < -0.4 is 5.32 Å². The number of amides is 1. The van der Waals surface area contributed by atoms with E-state index in [0.717, 1.165) is 17.5 Å². The van der Waals surface area contributed by atoms with E-state index in [-0.39, 0.29) is 5.91 Å². The summed E-state index contributed by atoms with van der Waals surface area (Å²) in [4.78, 5) is 19.4. The molecule has 2 N–H and O–H groups in total. The topological polar surface area (TPSA) is 57.8 Å². The maximum atomic E-state index is 12.1. The molecule has 0 aliphatic carbocycles. The molecule has 0 saturated heterocycles. The number of pyridine rings is 1. The van der Waals surface area contributed by atoms with Crippen LogP contribution in [0.15, 0.2) is 48.9 Å². The number of carbonyl (C=O) groups is 1. The molecule has 2 aromatic heterocycles. The molecule has 3 rings (SSSR count). The zero-order chi connectivity index (χ0) is 14.7. The first kappa shape index (κ1) is 13.4. The fraction of sp³-hybridized carbons (Fsp3) is 0.176. The van der Waals surface area contributed by atoms with E-state index in [1.165, 1.54) is 10.9 Å². The van der Waals surface area contributed by atoms with Gasteiger partial charge in [-0.2, -0.15) is 0 Å². The Morgan fingerprint density at radius 3 is 3.00 bits per heavy atom. The van der Waals surface area contributed by atoms with Gasteiger partial charge in [-0.15, -0.1) is 0 Å². The molecule has 1 aromatic carbocycles. The molecule has 3 aromatic rings. The van der Waals surface area contributed by atoms with Gasteiger partial charge in [-0.05, 0) is 36.6 Å². The van der Waals surface area contributed by atoms with E-state index in [0.29, 0.717) is 12.1 Å². The molecule has 4 heteroatoms. The van der Waals surface area contributed by atoms with Gasteiger partial charge in [-0.1, -0.05) is 18.2 Å². The van der Waals surface area contributed by atoms with Gasteiger partial charge in [-0.25, -0.2) is 0 Å². The predicted octanol–water partition coefficient (Wildman–Crippen LogP) is 2.84. The predicted molar refractivity (Wildman–Crippen MR) is 83.3 cm³/mol. The van der Waals surface area contributed by atoms with Crippen molar-refractivity contribution in [2.24, 2.45) is 0 Å². The Balaban J connectivity index is 1.64. The molecule has 21 heavy (non-hydrogen) atoms. The summed E-state index contributed by atoms with van der Waals surface area (Å²) in [5, 5.41) is 4.18. The molecular weight excluding hydrogens is 262 g/mol. The summed E-state index contributed by atoms with van der Waals surface area (Å²) >= 11 is 0. The van der Waals surface area contributed by atoms with Crippen LogP contribution >= 0.6 is 0 Å². The number of aromatic nitrogens is 2. The summed E-state index contributed by atoms with van der Waals surface area (Å²) in [7, 11) is 0. The molecule has 0 fully saturated rings. The van der Waals surface area contributed by atoms with Gasteiger partial charge in [0.25, 0.3) is 5.91 Å². The second kappa shape index (κ2) is 5.79. The van der Waals surface area contributed by atoms with Crippen molar-refractivity contribution >= 4 is 16.8 Å². The molecule has 0 aliphatic rings. The van der Waals surface area contributed by atoms with E-state index < -0.39 is 0 Å². The fourth-order valence-corrected chi connectivity index (χ4v) is 2.47. The molecule has 106 valence electrons. The third-order valence-corrected chi connectivity index (χ3v) is 3.62. The first-order valence-electron chi connectivity index (χ1n) is 6.99. The summed E-state index contributed by atoms with van der Waals surface area (Å²) in [5.41, 5.74) is 3.92. The number of nitrogens with zero attached hydrogens (tertiary/aromatic N) is 1. The second-order valence-corrected chi connectivity index (χ2v) is 5.06. The molecule has 0 atom stereocenters. The van der Waals surface area contributed by atoms with Crippen molar-refractivity contribution in [3.63, 3.8) is 0 Å². The van der Waals surface area contributed by atoms with E-state index in [2.05, 4.69) is 27.4 Å². The maximum Gasteiger partial charge on any atom is 0.251 e. The number of hydrogen-bond acceptors (Lipinski definition) is 2. The Kier molecular flexibility index (Phi) is 3.69. The first-order chi connectivity index (χ1) is 10.3. The van der Waals surface area contributed by atoms with Crippen LogP contribution in [0.5, 0.6) is 0 Å². The summed E-state index contributed by atoms with van der Waals surface area (Å²) in [6.45, 7) is 2.50. The average molecular weight is 279 g/mol. The molecule has 0 saturated carbocycles. The standard InChI is InChI=1S/C17H17N3O/c1-12-10-18-8-7-14(12)17(21)19-9-6-13-11-20-16-5-3-2-4-15(13)16/h2-5,7-8,10-11,20H,6,9H2,1H3,(H,19,21). The van der Waals surface area contributed by atoms with Crippen LogP contribution in [-0.4, -0.2) is 22.4 Å². The maximum absolute atomic E-state index is 12.1. The highest BCUT2D eigenvalue weighted by molar-refractivity contribution is 5.95. The lowest BCUT2D eigenvalue weighted by atomic mass is 10.1. The third-order valence-electron chi connectivity index (χ3n) is 3.62. The van der Waals surface area contributed by atoms with Crippen LogP contribution in [0.2, 0.25) is 0 Å². The number of hydrogen-bond donors (Lipinski definition) is 2. The van der Waals surface area contributed by atoms with Crippen molar-refractivity contribution in [1.29, 1.82) is 0 Å². The Morgan fingerprint density at radius 1 is 1.29 bits per heavy atom. The summed E-state index contributed by atoms with van der Waals surface area (Å²) in [6.07, 6.45) is 6.16. The van der Waals surface area contributed by atoms with Gasteiger partial charge in [0, 0.05) is 41.6 Å². The molecule has 0 radical (unpaired) electrons. The Hall–Kier alpha value is -2.62. The zero-order valence-electron chi connectivity index (χ0n) is 11.9. The molecular formula is C17H17N3O. The van der Waals surface area contributed by atoms with E-state index in [1.807, 2.05) is 25.3 Å². The lowest BCUT2D eigenvalue weighted by Gasteiger charge is -2.06. The lowest BCUT2D eigenvalue weighted by Crippen LogP contribution is -2.26. The molecule has 0 unspecified atom stereocenters. The summed E-state index contributed by atoms with van der Waals surface area (Å²) in [6, 6.07) is 9.93. The number of benzene rings is 1. The van der Waals surface area contributed by atoms with Gasteiger partial charge in [0.1, 0.15) is 0 Å². The first-order valence-corrected chi connectivity index (χ1v) is 6.99. The van der Waals surface area contributed by atoms with Crippen LogP contribution in [0.4, 0.5) is 0 Å². The van der Waals surface area contributed by atoms with E-state index >= 15 is 0 Å². The van der Waals surface area contributed by atoms with Crippen LogP contribution in [-0.2, 0) is 6.42 Å². The minimum absolute atomic E-state index is 0.0465. The van der Waals surface area contributed by atoms with Crippen molar-refractivity contribution in [3.8, 4) is 0 Å². The van der Waals surface area contributed by atoms with E-state index in [1.54, 1.807) is 18.5 Å². The highest BCUT2D eigenvalue weighted by Crippen LogP contribution is 2.17. The number of aromatic amines is 1. The largest absolute Gasteiger partial charge is 0.361 e. The molecule has 2 heterocycles. The van der Waals surface area contributed by atoms with Gasteiger partial charge in [-0.3, -0.25) is 9.78 Å². The fourth-order valence-electron chi connectivity index (χ4n) is 2.47. The zero-order valence-corrected chi connectivity index (χ0v) is 11.9. The van der Waals surface area contributed by atoms with Crippen LogP contribution in [0.25, 0.3) is 10.9 Å². The number of carbonyl (C=O) groups excluding carboxylic acids is 1. The van der Waals surface area contributed by atoms with Gasteiger partial charge in [0.05, 0.1) is 0 Å². The molecule has 0 bridgehead atoms. The van der Waals surface area contributed by atoms with Crippen molar-refractivity contribution in [2.75, 3.05) is 6.54 Å². The Morgan fingerprint density at radius 2 is 2.14 bits per heavy atom. The van der Waals surface area contributed by atoms with Crippen molar-refractivity contribution in [3.05, 3.63) is 65.6 Å². The van der Waals surface area contributed by atoms with E-state index in [4.69, 9.17) is 0 Å².